The highest BCUT2D eigenvalue weighted by Gasteiger charge is 2.13. The number of anilines is 1. The van der Waals surface area contributed by atoms with E-state index >= 15 is 0 Å². The van der Waals surface area contributed by atoms with E-state index < -0.39 is 5.97 Å². The van der Waals surface area contributed by atoms with Gasteiger partial charge in [-0.15, -0.1) is 16.9 Å². The van der Waals surface area contributed by atoms with E-state index in [2.05, 4.69) is 25.4 Å². The average molecular weight is 302 g/mol. The Labute approximate surface area is 122 Å². The summed E-state index contributed by atoms with van der Waals surface area (Å²) in [7, 11) is 0. The molecule has 8 nitrogen and oxygen atoms in total. The first-order valence-corrected chi connectivity index (χ1v) is 6.90. The van der Waals surface area contributed by atoms with E-state index in [1.807, 2.05) is 0 Å². The van der Waals surface area contributed by atoms with Crippen LogP contribution in [0.5, 0.6) is 0 Å². The molecule has 4 N–H and O–H groups in total. The minimum absolute atomic E-state index is 0.0448. The van der Waals surface area contributed by atoms with Crippen LogP contribution in [-0.2, 0) is 5.75 Å². The number of thioether (sulfide) groups is 1. The van der Waals surface area contributed by atoms with E-state index in [-0.39, 0.29) is 5.69 Å². The first-order chi connectivity index (χ1) is 10.1. The van der Waals surface area contributed by atoms with Gasteiger partial charge in [-0.05, 0) is 17.7 Å². The van der Waals surface area contributed by atoms with E-state index in [1.165, 1.54) is 18.0 Å². The Kier molecular flexibility index (Phi) is 3.40. The molecule has 0 aliphatic rings. The number of hydrogen-bond acceptors (Lipinski definition) is 7. The van der Waals surface area contributed by atoms with E-state index in [9.17, 15) is 4.79 Å². The molecule has 3 rings (SSSR count). The number of hydrogen-bond donors (Lipinski definition) is 3. The standard InChI is InChI=1S/C12H10N6O2S/c13-8-4-7(10-11(15-8)17-18-16-10)21-5-6-2-1-3-14-9(6)12(19)20/h1-4H,5H2,(H,19,20)(H3,13,15,16,17,18). The van der Waals surface area contributed by atoms with Crippen LogP contribution in [0.1, 0.15) is 16.1 Å². The third kappa shape index (κ3) is 2.63. The number of carboxylic acids is 1. The zero-order valence-electron chi connectivity index (χ0n) is 10.6. The summed E-state index contributed by atoms with van der Waals surface area (Å²) in [6.45, 7) is 0. The molecule has 106 valence electrons. The fourth-order valence-corrected chi connectivity index (χ4v) is 2.86. The number of nitrogen functional groups attached to an aromatic ring is 1. The smallest absolute Gasteiger partial charge is 0.354 e. The van der Waals surface area contributed by atoms with Crippen LogP contribution in [0.15, 0.2) is 29.3 Å². The van der Waals surface area contributed by atoms with Crippen LogP contribution < -0.4 is 5.73 Å². The van der Waals surface area contributed by atoms with Gasteiger partial charge in [-0.3, -0.25) is 0 Å². The molecule has 0 fully saturated rings. The van der Waals surface area contributed by atoms with Crippen molar-refractivity contribution in [2.45, 2.75) is 10.6 Å². The Bertz CT molecular complexity index is 818. The van der Waals surface area contributed by atoms with E-state index in [0.29, 0.717) is 28.3 Å². The quantitative estimate of drug-likeness (QED) is 0.615. The second-order valence-electron chi connectivity index (χ2n) is 4.15. The highest BCUT2D eigenvalue weighted by atomic mass is 32.2. The van der Waals surface area contributed by atoms with Gasteiger partial charge < -0.3 is 10.8 Å². The maximum Gasteiger partial charge on any atom is 0.354 e. The number of nitrogens with zero attached hydrogens (tertiary/aromatic N) is 4. The second kappa shape index (κ2) is 5.37. The molecule has 0 amide bonds. The van der Waals surface area contributed by atoms with Gasteiger partial charge in [0, 0.05) is 16.8 Å². The van der Waals surface area contributed by atoms with Crippen molar-refractivity contribution < 1.29 is 9.90 Å². The molecule has 3 aromatic rings. The molecule has 0 spiro atoms. The van der Waals surface area contributed by atoms with Gasteiger partial charge in [0.2, 0.25) is 5.65 Å². The second-order valence-corrected chi connectivity index (χ2v) is 5.16. The molecule has 0 bridgehead atoms. The van der Waals surface area contributed by atoms with E-state index in [4.69, 9.17) is 10.8 Å². The number of aromatic amines is 1. The van der Waals surface area contributed by atoms with Crippen molar-refractivity contribution in [1.82, 2.24) is 25.4 Å². The number of rotatable bonds is 4. The maximum atomic E-state index is 11.1. The van der Waals surface area contributed by atoms with Crippen molar-refractivity contribution >= 4 is 34.7 Å². The number of carbonyl (C=O) groups is 1. The van der Waals surface area contributed by atoms with Crippen LogP contribution in [0.4, 0.5) is 5.82 Å². The van der Waals surface area contributed by atoms with Crippen LogP contribution in [0.25, 0.3) is 11.2 Å². The molecule has 0 saturated carbocycles. The van der Waals surface area contributed by atoms with Gasteiger partial charge >= 0.3 is 5.97 Å². The first-order valence-electron chi connectivity index (χ1n) is 5.92. The lowest BCUT2D eigenvalue weighted by atomic mass is 10.2. The van der Waals surface area contributed by atoms with Crippen molar-refractivity contribution in [3.05, 3.63) is 35.7 Å². The molecule has 0 unspecified atom stereocenters. The first kappa shape index (κ1) is 13.3. The van der Waals surface area contributed by atoms with Gasteiger partial charge in [-0.1, -0.05) is 6.07 Å². The monoisotopic (exact) mass is 302 g/mol. The summed E-state index contributed by atoms with van der Waals surface area (Å²) in [6.07, 6.45) is 1.46. The molecule has 0 aromatic carbocycles. The van der Waals surface area contributed by atoms with E-state index in [0.717, 1.165) is 4.90 Å². The fourth-order valence-electron chi connectivity index (χ4n) is 1.84. The van der Waals surface area contributed by atoms with E-state index in [1.54, 1.807) is 18.2 Å². The number of aromatic nitrogens is 5. The lowest BCUT2D eigenvalue weighted by Crippen LogP contribution is -2.04. The summed E-state index contributed by atoms with van der Waals surface area (Å²) in [4.78, 5) is 19.8. The van der Waals surface area contributed by atoms with Crippen molar-refractivity contribution in [2.24, 2.45) is 0 Å². The van der Waals surface area contributed by atoms with Crippen LogP contribution >= 0.6 is 11.8 Å². The van der Waals surface area contributed by atoms with Crippen molar-refractivity contribution in [1.29, 1.82) is 0 Å². The van der Waals surface area contributed by atoms with Crippen LogP contribution in [0.2, 0.25) is 0 Å². The molecule has 0 aliphatic carbocycles. The Morgan fingerprint density at radius 3 is 3.10 bits per heavy atom. The highest BCUT2D eigenvalue weighted by Crippen LogP contribution is 2.29. The van der Waals surface area contributed by atoms with Crippen LogP contribution in [0, 0.1) is 0 Å². The fraction of sp³-hybridized carbons (Fsp3) is 0.0833. The van der Waals surface area contributed by atoms with Crippen molar-refractivity contribution in [2.75, 3.05) is 5.73 Å². The largest absolute Gasteiger partial charge is 0.477 e. The number of pyridine rings is 2. The van der Waals surface area contributed by atoms with Gasteiger partial charge in [0.05, 0.1) is 0 Å². The summed E-state index contributed by atoms with van der Waals surface area (Å²) in [5, 5.41) is 19.5. The van der Waals surface area contributed by atoms with Crippen molar-refractivity contribution in [3.8, 4) is 0 Å². The molecular formula is C12H10N6O2S. The maximum absolute atomic E-state index is 11.1. The molecule has 3 aromatic heterocycles. The number of nitrogens with one attached hydrogen (secondary N) is 1. The number of carboxylic acid groups (broad SMARTS) is 1. The number of nitrogens with two attached hydrogens (primary N) is 1. The minimum Gasteiger partial charge on any atom is -0.477 e. The summed E-state index contributed by atoms with van der Waals surface area (Å²) in [5.74, 6) is -0.281. The molecule has 0 radical (unpaired) electrons. The van der Waals surface area contributed by atoms with Crippen LogP contribution in [0.3, 0.4) is 0 Å². The van der Waals surface area contributed by atoms with Crippen LogP contribution in [-0.4, -0.2) is 36.5 Å². The Balaban J connectivity index is 1.90. The topological polar surface area (TPSA) is 131 Å². The molecule has 3 heterocycles. The van der Waals surface area contributed by atoms with Crippen molar-refractivity contribution in [3.63, 3.8) is 0 Å². The van der Waals surface area contributed by atoms with Gasteiger partial charge in [0.1, 0.15) is 11.3 Å². The summed E-state index contributed by atoms with van der Waals surface area (Å²) in [5.41, 5.74) is 7.43. The minimum atomic E-state index is -1.05. The SMILES string of the molecule is Nc1cc(SCc2cccnc2C(=O)O)c2n[nH]nc2n1. The third-order valence-electron chi connectivity index (χ3n) is 2.75. The molecule has 0 atom stereocenters. The predicted molar refractivity (Wildman–Crippen MR) is 76.9 cm³/mol. The Hall–Kier alpha value is -2.68. The van der Waals surface area contributed by atoms with Gasteiger partial charge in [0.25, 0.3) is 0 Å². The lowest BCUT2D eigenvalue weighted by molar-refractivity contribution is 0.0689. The molecule has 0 saturated heterocycles. The average Bonchev–Trinajstić information content (AvgIpc) is 2.93. The zero-order chi connectivity index (χ0) is 14.8. The molecule has 21 heavy (non-hydrogen) atoms. The predicted octanol–water partition coefficient (Wildman–Crippen LogP) is 1.32. The van der Waals surface area contributed by atoms with Gasteiger partial charge in [-0.2, -0.15) is 10.3 Å². The molecule has 9 heteroatoms. The Morgan fingerprint density at radius 1 is 1.43 bits per heavy atom. The van der Waals surface area contributed by atoms with Gasteiger partial charge in [-0.25, -0.2) is 14.8 Å². The Morgan fingerprint density at radius 2 is 2.29 bits per heavy atom. The number of aromatic carboxylic acids is 1. The molecular weight excluding hydrogens is 292 g/mol. The lowest BCUT2D eigenvalue weighted by Gasteiger charge is -2.05. The van der Waals surface area contributed by atoms with Gasteiger partial charge in [0.15, 0.2) is 5.69 Å². The summed E-state index contributed by atoms with van der Waals surface area (Å²) in [6, 6.07) is 5.12. The summed E-state index contributed by atoms with van der Waals surface area (Å²) < 4.78 is 0. The third-order valence-corrected chi connectivity index (χ3v) is 3.83. The molecule has 0 aliphatic heterocycles. The number of H-pyrrole nitrogens is 1. The number of fused-ring (bicyclic) bond motifs is 1. The zero-order valence-corrected chi connectivity index (χ0v) is 11.5. The highest BCUT2D eigenvalue weighted by molar-refractivity contribution is 7.98. The summed E-state index contributed by atoms with van der Waals surface area (Å²) >= 11 is 1.41. The normalized spacial score (nSPS) is 10.9.